The number of carboxylic acids is 1. The molecule has 0 bridgehead atoms. The summed E-state index contributed by atoms with van der Waals surface area (Å²) in [5, 5.41) is 12.3. The Balaban J connectivity index is 2.21. The molecule has 3 N–H and O–H groups in total. The highest BCUT2D eigenvalue weighted by Gasteiger charge is 2.20. The topological polar surface area (TPSA) is 105 Å². The Morgan fingerprint density at radius 2 is 2.23 bits per heavy atom. The lowest BCUT2D eigenvalue weighted by molar-refractivity contribution is 0.0697. The average molecular weight is 328 g/mol. The molecular weight excluding hydrogens is 308 g/mol. The summed E-state index contributed by atoms with van der Waals surface area (Å²) in [5.74, 6) is -1.18. The van der Waals surface area contributed by atoms with Crippen LogP contribution in [0.1, 0.15) is 30.1 Å². The number of rotatable bonds is 7. The quantitative estimate of drug-likeness (QED) is 0.696. The second kappa shape index (κ2) is 7.08. The molecule has 1 atom stereocenters. The smallest absolute Gasteiger partial charge is 0.337 e. The van der Waals surface area contributed by atoms with Crippen molar-refractivity contribution >= 4 is 21.7 Å². The predicted molar refractivity (Wildman–Crippen MR) is 81.7 cm³/mol. The molecule has 1 aromatic carbocycles. The SMILES string of the molecule is CCNS(=O)(=O)c1ccc(NC[C@@H]2CCCO2)c(C(=O)O)c1. The van der Waals surface area contributed by atoms with E-state index in [0.717, 1.165) is 25.5 Å². The summed E-state index contributed by atoms with van der Waals surface area (Å²) in [6.45, 7) is 3.12. The van der Waals surface area contributed by atoms with Gasteiger partial charge in [0.05, 0.1) is 16.6 Å². The summed E-state index contributed by atoms with van der Waals surface area (Å²) in [5.41, 5.74) is 0.315. The Labute approximate surface area is 129 Å². The third kappa shape index (κ3) is 3.96. The number of aromatic carboxylic acids is 1. The maximum Gasteiger partial charge on any atom is 0.337 e. The molecule has 1 heterocycles. The van der Waals surface area contributed by atoms with Crippen LogP contribution in [0.2, 0.25) is 0 Å². The number of carboxylic acid groups (broad SMARTS) is 1. The molecule has 0 amide bonds. The number of anilines is 1. The van der Waals surface area contributed by atoms with Gasteiger partial charge in [-0.25, -0.2) is 17.9 Å². The van der Waals surface area contributed by atoms with Crippen molar-refractivity contribution in [2.24, 2.45) is 0 Å². The summed E-state index contributed by atoms with van der Waals surface area (Å²) < 4.78 is 31.7. The zero-order valence-electron chi connectivity index (χ0n) is 12.3. The van der Waals surface area contributed by atoms with Gasteiger partial charge in [-0.15, -0.1) is 0 Å². The van der Waals surface area contributed by atoms with E-state index in [4.69, 9.17) is 4.74 Å². The number of nitrogens with one attached hydrogen (secondary N) is 2. The minimum Gasteiger partial charge on any atom is -0.478 e. The van der Waals surface area contributed by atoms with Crippen LogP contribution in [0.15, 0.2) is 23.1 Å². The number of ether oxygens (including phenoxy) is 1. The number of hydrogen-bond acceptors (Lipinski definition) is 5. The van der Waals surface area contributed by atoms with Crippen LogP contribution in [-0.2, 0) is 14.8 Å². The molecular formula is C14H20N2O5S. The van der Waals surface area contributed by atoms with Gasteiger partial charge in [-0.05, 0) is 31.0 Å². The second-order valence-corrected chi connectivity index (χ2v) is 6.80. The standard InChI is InChI=1S/C14H20N2O5S/c1-2-16-22(19,20)11-5-6-13(12(8-11)14(17)18)15-9-10-4-3-7-21-10/h5-6,8,10,15-16H,2-4,7,9H2,1H3,(H,17,18)/t10-/m0/s1. The maximum absolute atomic E-state index is 11.9. The normalized spacial score (nSPS) is 18.3. The van der Waals surface area contributed by atoms with Gasteiger partial charge in [-0.1, -0.05) is 6.92 Å². The maximum atomic E-state index is 11.9. The lowest BCUT2D eigenvalue weighted by Gasteiger charge is -2.14. The average Bonchev–Trinajstić information content (AvgIpc) is 2.98. The Morgan fingerprint density at radius 3 is 2.82 bits per heavy atom. The fourth-order valence-electron chi connectivity index (χ4n) is 2.32. The molecule has 22 heavy (non-hydrogen) atoms. The van der Waals surface area contributed by atoms with E-state index in [1.54, 1.807) is 6.92 Å². The van der Waals surface area contributed by atoms with E-state index < -0.39 is 16.0 Å². The van der Waals surface area contributed by atoms with Crippen LogP contribution in [0.5, 0.6) is 0 Å². The van der Waals surface area contributed by atoms with Crippen molar-refractivity contribution in [2.75, 3.05) is 25.0 Å². The highest BCUT2D eigenvalue weighted by Crippen LogP contribution is 2.22. The number of sulfonamides is 1. The predicted octanol–water partition coefficient (Wildman–Crippen LogP) is 1.27. The molecule has 1 aliphatic rings. The molecule has 0 spiro atoms. The third-order valence-electron chi connectivity index (χ3n) is 3.41. The summed E-state index contributed by atoms with van der Waals surface area (Å²) in [6, 6.07) is 4.03. The van der Waals surface area contributed by atoms with E-state index in [-0.39, 0.29) is 23.1 Å². The molecule has 122 valence electrons. The van der Waals surface area contributed by atoms with Crippen molar-refractivity contribution in [3.05, 3.63) is 23.8 Å². The van der Waals surface area contributed by atoms with E-state index in [2.05, 4.69) is 10.0 Å². The highest BCUT2D eigenvalue weighted by atomic mass is 32.2. The lowest BCUT2D eigenvalue weighted by atomic mass is 10.1. The second-order valence-electron chi connectivity index (χ2n) is 5.03. The highest BCUT2D eigenvalue weighted by molar-refractivity contribution is 7.89. The largest absolute Gasteiger partial charge is 0.478 e. The molecule has 1 aliphatic heterocycles. The van der Waals surface area contributed by atoms with Gasteiger partial charge in [0.1, 0.15) is 0 Å². The molecule has 0 unspecified atom stereocenters. The van der Waals surface area contributed by atoms with Gasteiger partial charge in [0.25, 0.3) is 0 Å². The Kier molecular flexibility index (Phi) is 5.38. The van der Waals surface area contributed by atoms with Gasteiger partial charge < -0.3 is 15.2 Å². The summed E-state index contributed by atoms with van der Waals surface area (Å²) in [7, 11) is -3.68. The van der Waals surface area contributed by atoms with E-state index in [1.165, 1.54) is 12.1 Å². The molecule has 1 aromatic rings. The molecule has 0 aliphatic carbocycles. The van der Waals surface area contributed by atoms with Crippen molar-refractivity contribution in [3.63, 3.8) is 0 Å². The van der Waals surface area contributed by atoms with Crippen molar-refractivity contribution in [1.82, 2.24) is 4.72 Å². The zero-order valence-corrected chi connectivity index (χ0v) is 13.1. The summed E-state index contributed by atoms with van der Waals surface area (Å²) >= 11 is 0. The van der Waals surface area contributed by atoms with Crippen molar-refractivity contribution in [3.8, 4) is 0 Å². The van der Waals surface area contributed by atoms with Gasteiger partial charge in [0, 0.05) is 25.4 Å². The summed E-state index contributed by atoms with van der Waals surface area (Å²) in [6.07, 6.45) is 1.99. The van der Waals surface area contributed by atoms with Crippen LogP contribution in [0.4, 0.5) is 5.69 Å². The van der Waals surface area contributed by atoms with E-state index in [1.807, 2.05) is 0 Å². The molecule has 7 nitrogen and oxygen atoms in total. The van der Waals surface area contributed by atoms with Crippen LogP contribution >= 0.6 is 0 Å². The fraction of sp³-hybridized carbons (Fsp3) is 0.500. The lowest BCUT2D eigenvalue weighted by Crippen LogP contribution is -2.24. The van der Waals surface area contributed by atoms with Crippen LogP contribution in [-0.4, -0.2) is 45.3 Å². The molecule has 0 radical (unpaired) electrons. The van der Waals surface area contributed by atoms with E-state index >= 15 is 0 Å². The van der Waals surface area contributed by atoms with Crippen LogP contribution in [0.25, 0.3) is 0 Å². The monoisotopic (exact) mass is 328 g/mol. The zero-order chi connectivity index (χ0) is 16.2. The first-order chi connectivity index (χ1) is 10.4. The van der Waals surface area contributed by atoms with Gasteiger partial charge in [0.15, 0.2) is 0 Å². The number of carbonyl (C=O) groups is 1. The van der Waals surface area contributed by atoms with Crippen molar-refractivity contribution in [2.45, 2.75) is 30.8 Å². The molecule has 0 saturated carbocycles. The van der Waals surface area contributed by atoms with Gasteiger partial charge in [0.2, 0.25) is 10.0 Å². The first kappa shape index (κ1) is 16.7. The Hall–Kier alpha value is -1.64. The van der Waals surface area contributed by atoms with Gasteiger partial charge in [-0.2, -0.15) is 0 Å². The van der Waals surface area contributed by atoms with E-state index in [0.29, 0.717) is 12.2 Å². The molecule has 0 aromatic heterocycles. The Morgan fingerprint density at radius 1 is 1.45 bits per heavy atom. The van der Waals surface area contributed by atoms with Crippen LogP contribution in [0.3, 0.4) is 0 Å². The van der Waals surface area contributed by atoms with E-state index in [9.17, 15) is 18.3 Å². The molecule has 8 heteroatoms. The van der Waals surface area contributed by atoms with Gasteiger partial charge >= 0.3 is 5.97 Å². The first-order valence-electron chi connectivity index (χ1n) is 7.16. The van der Waals surface area contributed by atoms with Crippen molar-refractivity contribution < 1.29 is 23.1 Å². The van der Waals surface area contributed by atoms with Gasteiger partial charge in [-0.3, -0.25) is 0 Å². The first-order valence-corrected chi connectivity index (χ1v) is 8.65. The minimum absolute atomic E-state index is 0.0607. The molecule has 1 fully saturated rings. The molecule has 2 rings (SSSR count). The fourth-order valence-corrected chi connectivity index (χ4v) is 3.39. The Bertz CT molecular complexity index is 639. The molecule has 1 saturated heterocycles. The minimum atomic E-state index is -3.68. The van der Waals surface area contributed by atoms with Crippen LogP contribution < -0.4 is 10.0 Å². The third-order valence-corrected chi connectivity index (χ3v) is 4.95. The van der Waals surface area contributed by atoms with Crippen molar-refractivity contribution in [1.29, 1.82) is 0 Å². The number of hydrogen-bond donors (Lipinski definition) is 3. The van der Waals surface area contributed by atoms with Crippen LogP contribution in [0, 0.1) is 0 Å². The summed E-state index contributed by atoms with van der Waals surface area (Å²) in [4.78, 5) is 11.3. The number of benzene rings is 1.